The highest BCUT2D eigenvalue weighted by Crippen LogP contribution is 2.32. The van der Waals surface area contributed by atoms with Crippen LogP contribution in [0.3, 0.4) is 0 Å². The normalized spacial score (nSPS) is 12.4. The molecule has 3 rings (SSSR count). The summed E-state index contributed by atoms with van der Waals surface area (Å²) in [7, 11) is 0. The SMILES string of the molecule is O=C(COC(=O)c1ccccc1Cl)Nc1ccc2c(c1)OCCO2. The molecule has 2 aromatic rings. The maximum Gasteiger partial charge on any atom is 0.340 e. The highest BCUT2D eigenvalue weighted by Gasteiger charge is 2.15. The number of carbonyl (C=O) groups excluding carboxylic acids is 2. The molecule has 0 saturated carbocycles. The molecule has 1 heterocycles. The average Bonchev–Trinajstić information content (AvgIpc) is 2.60. The van der Waals surface area contributed by atoms with Crippen LogP contribution in [0.4, 0.5) is 5.69 Å². The van der Waals surface area contributed by atoms with Crippen LogP contribution in [0.2, 0.25) is 5.02 Å². The first-order valence-corrected chi connectivity index (χ1v) is 7.62. The van der Waals surface area contributed by atoms with Crippen molar-refractivity contribution in [2.45, 2.75) is 0 Å². The molecule has 1 aliphatic heterocycles. The molecule has 2 aromatic carbocycles. The molecule has 124 valence electrons. The van der Waals surface area contributed by atoms with Gasteiger partial charge in [-0.25, -0.2) is 4.79 Å². The van der Waals surface area contributed by atoms with Crippen molar-refractivity contribution < 1.29 is 23.8 Å². The van der Waals surface area contributed by atoms with Crippen molar-refractivity contribution in [1.29, 1.82) is 0 Å². The molecule has 24 heavy (non-hydrogen) atoms. The van der Waals surface area contributed by atoms with Gasteiger partial charge in [-0.1, -0.05) is 23.7 Å². The zero-order valence-corrected chi connectivity index (χ0v) is 13.3. The topological polar surface area (TPSA) is 73.9 Å². The Kier molecular flexibility index (Phi) is 4.86. The van der Waals surface area contributed by atoms with E-state index in [0.29, 0.717) is 30.4 Å². The molecule has 0 saturated heterocycles. The Balaban J connectivity index is 1.56. The van der Waals surface area contributed by atoms with Crippen LogP contribution in [-0.2, 0) is 9.53 Å². The summed E-state index contributed by atoms with van der Waals surface area (Å²) in [6.45, 7) is 0.537. The Labute approximate surface area is 143 Å². The van der Waals surface area contributed by atoms with Crippen molar-refractivity contribution in [1.82, 2.24) is 0 Å². The molecule has 6 nitrogen and oxygen atoms in total. The van der Waals surface area contributed by atoms with Gasteiger partial charge < -0.3 is 19.5 Å². The van der Waals surface area contributed by atoms with E-state index in [1.807, 2.05) is 0 Å². The second kappa shape index (κ2) is 7.23. The van der Waals surface area contributed by atoms with E-state index in [-0.39, 0.29) is 10.6 Å². The minimum Gasteiger partial charge on any atom is -0.486 e. The Hall–Kier alpha value is -2.73. The lowest BCUT2D eigenvalue weighted by Crippen LogP contribution is -2.21. The largest absolute Gasteiger partial charge is 0.486 e. The van der Waals surface area contributed by atoms with Gasteiger partial charge in [0, 0.05) is 11.8 Å². The maximum atomic E-state index is 11.9. The number of hydrogen-bond acceptors (Lipinski definition) is 5. The summed E-state index contributed by atoms with van der Waals surface area (Å²) < 4.78 is 15.8. The molecule has 0 bridgehead atoms. The van der Waals surface area contributed by atoms with E-state index in [9.17, 15) is 9.59 Å². The lowest BCUT2D eigenvalue weighted by atomic mass is 10.2. The van der Waals surface area contributed by atoms with Gasteiger partial charge in [-0.3, -0.25) is 4.79 Å². The molecule has 7 heteroatoms. The number of anilines is 1. The van der Waals surface area contributed by atoms with Crippen molar-refractivity contribution in [3.8, 4) is 11.5 Å². The van der Waals surface area contributed by atoms with E-state index >= 15 is 0 Å². The minimum absolute atomic E-state index is 0.214. The van der Waals surface area contributed by atoms with Gasteiger partial charge in [-0.05, 0) is 24.3 Å². The predicted octanol–water partition coefficient (Wildman–Crippen LogP) is 2.91. The van der Waals surface area contributed by atoms with Gasteiger partial charge in [0.25, 0.3) is 5.91 Å². The third-order valence-corrected chi connectivity index (χ3v) is 3.58. The third-order valence-electron chi connectivity index (χ3n) is 3.25. The van der Waals surface area contributed by atoms with Crippen LogP contribution < -0.4 is 14.8 Å². The Morgan fingerprint density at radius 3 is 2.62 bits per heavy atom. The standard InChI is InChI=1S/C17H14ClNO5/c18-13-4-2-1-3-12(13)17(21)24-10-16(20)19-11-5-6-14-15(9-11)23-8-7-22-14/h1-6,9H,7-8,10H2,(H,19,20). The van der Waals surface area contributed by atoms with Gasteiger partial charge in [0.1, 0.15) is 13.2 Å². The number of rotatable bonds is 4. The maximum absolute atomic E-state index is 11.9. The molecule has 1 amide bonds. The molecule has 0 fully saturated rings. The highest BCUT2D eigenvalue weighted by atomic mass is 35.5. The van der Waals surface area contributed by atoms with Crippen LogP contribution in [0, 0.1) is 0 Å². The number of benzene rings is 2. The molecular formula is C17H14ClNO5. The molecular weight excluding hydrogens is 334 g/mol. The summed E-state index contributed by atoms with van der Waals surface area (Å²) in [6.07, 6.45) is 0. The number of carbonyl (C=O) groups is 2. The number of ether oxygens (including phenoxy) is 3. The van der Waals surface area contributed by atoms with E-state index in [1.165, 1.54) is 6.07 Å². The quantitative estimate of drug-likeness (QED) is 0.861. The molecule has 1 aliphatic rings. The minimum atomic E-state index is -0.655. The van der Waals surface area contributed by atoms with Crippen LogP contribution in [0.15, 0.2) is 42.5 Å². The highest BCUT2D eigenvalue weighted by molar-refractivity contribution is 6.33. The van der Waals surface area contributed by atoms with Gasteiger partial charge in [0.05, 0.1) is 10.6 Å². The van der Waals surface area contributed by atoms with Crippen molar-refractivity contribution in [3.63, 3.8) is 0 Å². The smallest absolute Gasteiger partial charge is 0.340 e. The van der Waals surface area contributed by atoms with E-state index in [4.69, 9.17) is 25.8 Å². The number of nitrogens with one attached hydrogen (secondary N) is 1. The molecule has 0 unspecified atom stereocenters. The summed E-state index contributed by atoms with van der Waals surface area (Å²) in [5, 5.41) is 2.90. The van der Waals surface area contributed by atoms with Crippen LogP contribution in [0.5, 0.6) is 11.5 Å². The third kappa shape index (κ3) is 3.78. The zero-order chi connectivity index (χ0) is 16.9. The molecule has 0 aliphatic carbocycles. The van der Waals surface area contributed by atoms with Crippen LogP contribution in [-0.4, -0.2) is 31.7 Å². The number of amides is 1. The van der Waals surface area contributed by atoms with Gasteiger partial charge in [0.2, 0.25) is 0 Å². The van der Waals surface area contributed by atoms with Gasteiger partial charge in [-0.2, -0.15) is 0 Å². The van der Waals surface area contributed by atoms with Crippen molar-refractivity contribution in [2.24, 2.45) is 0 Å². The summed E-state index contributed by atoms with van der Waals surface area (Å²) in [5.74, 6) is 0.0708. The second-order valence-corrected chi connectivity index (χ2v) is 5.37. The molecule has 0 atom stereocenters. The fraction of sp³-hybridized carbons (Fsp3) is 0.176. The van der Waals surface area contributed by atoms with E-state index in [2.05, 4.69) is 5.32 Å². The second-order valence-electron chi connectivity index (χ2n) is 4.96. The first-order valence-electron chi connectivity index (χ1n) is 7.24. The Morgan fingerprint density at radius 2 is 1.83 bits per heavy atom. The van der Waals surface area contributed by atoms with Gasteiger partial charge >= 0.3 is 5.97 Å². The summed E-state index contributed by atoms with van der Waals surface area (Å²) in [6, 6.07) is 11.5. The molecule has 0 aromatic heterocycles. The van der Waals surface area contributed by atoms with E-state index < -0.39 is 18.5 Å². The fourth-order valence-corrected chi connectivity index (χ4v) is 2.37. The Morgan fingerprint density at radius 1 is 1.08 bits per heavy atom. The first-order chi connectivity index (χ1) is 11.6. The monoisotopic (exact) mass is 347 g/mol. The van der Waals surface area contributed by atoms with Crippen molar-refractivity contribution >= 4 is 29.2 Å². The lowest BCUT2D eigenvalue weighted by Gasteiger charge is -2.19. The lowest BCUT2D eigenvalue weighted by molar-refractivity contribution is -0.119. The molecule has 0 spiro atoms. The molecule has 0 radical (unpaired) electrons. The zero-order valence-electron chi connectivity index (χ0n) is 12.6. The van der Waals surface area contributed by atoms with Crippen LogP contribution in [0.1, 0.15) is 10.4 Å². The summed E-state index contributed by atoms with van der Waals surface area (Å²) in [5.41, 5.74) is 0.740. The van der Waals surface area contributed by atoms with Crippen molar-refractivity contribution in [2.75, 3.05) is 25.1 Å². The number of esters is 1. The predicted molar refractivity (Wildman–Crippen MR) is 87.8 cm³/mol. The number of fused-ring (bicyclic) bond motifs is 1. The summed E-state index contributed by atoms with van der Waals surface area (Å²) in [4.78, 5) is 23.8. The molecule has 1 N–H and O–H groups in total. The summed E-state index contributed by atoms with van der Waals surface area (Å²) >= 11 is 5.90. The van der Waals surface area contributed by atoms with E-state index in [1.54, 1.807) is 36.4 Å². The average molecular weight is 348 g/mol. The van der Waals surface area contributed by atoms with Gasteiger partial charge in [0.15, 0.2) is 18.1 Å². The van der Waals surface area contributed by atoms with Crippen LogP contribution in [0.25, 0.3) is 0 Å². The fourth-order valence-electron chi connectivity index (χ4n) is 2.15. The number of halogens is 1. The van der Waals surface area contributed by atoms with E-state index in [0.717, 1.165) is 0 Å². The van der Waals surface area contributed by atoms with Gasteiger partial charge in [-0.15, -0.1) is 0 Å². The first kappa shape index (κ1) is 16.1. The Bertz CT molecular complexity index is 777. The van der Waals surface area contributed by atoms with Crippen LogP contribution >= 0.6 is 11.6 Å². The number of hydrogen-bond donors (Lipinski definition) is 1. The van der Waals surface area contributed by atoms with Crippen molar-refractivity contribution in [3.05, 3.63) is 53.1 Å².